The van der Waals surface area contributed by atoms with Gasteiger partial charge in [-0.3, -0.25) is 14.5 Å². The molecule has 230 valence electrons. The fourth-order valence-corrected chi connectivity index (χ4v) is 8.14. The number of oxime groups is 1. The number of hydrogen-bond acceptors (Lipinski definition) is 15. The van der Waals surface area contributed by atoms with Crippen molar-refractivity contribution in [2.24, 2.45) is 21.7 Å². The number of carboxylic acids is 2. The van der Waals surface area contributed by atoms with E-state index in [1.807, 2.05) is 0 Å². The Morgan fingerprint density at radius 2 is 2.09 bits per heavy atom. The van der Waals surface area contributed by atoms with Crippen molar-refractivity contribution < 1.29 is 39.2 Å². The number of rotatable bonds is 10. The summed E-state index contributed by atoms with van der Waals surface area (Å²) in [5.41, 5.74) is 13.2. The van der Waals surface area contributed by atoms with Crippen molar-refractivity contribution in [1.29, 1.82) is 0 Å². The molecule has 2 amide bonds. The third-order valence-corrected chi connectivity index (χ3v) is 10.4. The molecule has 0 aromatic carbocycles. The number of aromatic nitrogens is 1. The van der Waals surface area contributed by atoms with Crippen molar-refractivity contribution >= 4 is 75.3 Å². The second-order valence-corrected chi connectivity index (χ2v) is 13.1. The van der Waals surface area contributed by atoms with E-state index in [1.54, 1.807) is 0 Å². The van der Waals surface area contributed by atoms with Crippen molar-refractivity contribution in [2.45, 2.75) is 55.6 Å². The van der Waals surface area contributed by atoms with Crippen LogP contribution in [-0.2, 0) is 24.0 Å². The maximum Gasteiger partial charge on any atom is 0.347 e. The lowest BCUT2D eigenvalue weighted by Crippen LogP contribution is -3.19. The van der Waals surface area contributed by atoms with Crippen LogP contribution in [0.25, 0.3) is 0 Å². The zero-order valence-corrected chi connectivity index (χ0v) is 25.2. The SMILES string of the molecule is C[C@H](O/N=C(\C(=O)NC1C(=O)N2C(C(=O)[O-])=C(CSC3N=C(N)C4=C(CCCC4)[NH+]3N)CS[C@H]12)c1csc(N)n1)C(=O)O. The number of nitrogen functional groups attached to an aromatic ring is 1. The number of β-lactam (4-membered cyclic amide) rings is 1. The number of carboxylic acid groups (broad SMARTS) is 2. The maximum atomic E-state index is 13.2. The smallest absolute Gasteiger partial charge is 0.347 e. The molecule has 9 N–H and O–H groups in total. The summed E-state index contributed by atoms with van der Waals surface area (Å²) in [6.07, 6.45) is 2.32. The highest BCUT2D eigenvalue weighted by atomic mass is 32.2. The zero-order chi connectivity index (χ0) is 31.0. The number of nitrogens with zero attached hydrogens (tertiary/aromatic N) is 4. The number of fused-ring (bicyclic) bond motifs is 1. The summed E-state index contributed by atoms with van der Waals surface area (Å²) in [5.74, 6) is 2.99. The van der Waals surface area contributed by atoms with Crippen LogP contribution in [0.3, 0.4) is 0 Å². The Bertz CT molecular complexity index is 1490. The molecular weight excluding hydrogens is 623 g/mol. The first kappa shape index (κ1) is 30.8. The second kappa shape index (κ2) is 12.5. The van der Waals surface area contributed by atoms with Gasteiger partial charge in [-0.1, -0.05) is 16.9 Å². The van der Waals surface area contributed by atoms with Gasteiger partial charge >= 0.3 is 5.97 Å². The van der Waals surface area contributed by atoms with Crippen molar-refractivity contribution in [3.63, 3.8) is 0 Å². The average Bonchev–Trinajstić information content (AvgIpc) is 3.41. The molecule has 3 aliphatic heterocycles. The lowest BCUT2D eigenvalue weighted by molar-refractivity contribution is -0.886. The van der Waals surface area contributed by atoms with Crippen LogP contribution in [0.2, 0.25) is 0 Å². The number of aliphatic carboxylic acids is 2. The lowest BCUT2D eigenvalue weighted by Gasteiger charge is -2.50. The highest BCUT2D eigenvalue weighted by molar-refractivity contribution is 8.01. The van der Waals surface area contributed by atoms with E-state index in [1.165, 1.54) is 35.8 Å². The van der Waals surface area contributed by atoms with E-state index in [0.29, 0.717) is 16.4 Å². The molecule has 0 bridgehead atoms. The molecule has 1 fully saturated rings. The van der Waals surface area contributed by atoms with Crippen LogP contribution >= 0.6 is 34.9 Å². The van der Waals surface area contributed by atoms with E-state index in [9.17, 15) is 24.3 Å². The van der Waals surface area contributed by atoms with Crippen molar-refractivity contribution in [1.82, 2.24) is 15.2 Å². The number of nitrogens with two attached hydrogens (primary N) is 3. The number of anilines is 1. The van der Waals surface area contributed by atoms with Gasteiger partial charge in [0.05, 0.1) is 17.2 Å². The summed E-state index contributed by atoms with van der Waals surface area (Å²) in [5, 5.41) is 28.9. The molecule has 5 rings (SSSR count). The quantitative estimate of drug-likeness (QED) is 0.0652. The fraction of sp³-hybridized carbons (Fsp3) is 0.458. The number of carbonyl (C=O) groups is 4. The number of aliphatic imine (C=N–C) groups is 1. The van der Waals surface area contributed by atoms with Crippen molar-refractivity contribution in [3.8, 4) is 0 Å². The van der Waals surface area contributed by atoms with Crippen LogP contribution in [-0.4, -0.2) is 84.8 Å². The molecule has 5 atom stereocenters. The summed E-state index contributed by atoms with van der Waals surface area (Å²) in [6, 6.07) is -1.09. The minimum Gasteiger partial charge on any atom is -0.543 e. The first-order chi connectivity index (χ1) is 20.5. The molecule has 0 spiro atoms. The molecule has 19 heteroatoms. The Balaban J connectivity index is 1.29. The van der Waals surface area contributed by atoms with Crippen LogP contribution in [0.15, 0.2) is 38.1 Å². The summed E-state index contributed by atoms with van der Waals surface area (Å²) in [7, 11) is 0. The van der Waals surface area contributed by atoms with E-state index in [2.05, 4.69) is 20.4 Å². The largest absolute Gasteiger partial charge is 0.543 e. The van der Waals surface area contributed by atoms with Crippen LogP contribution < -0.4 is 32.7 Å². The topological polar surface area (TPSA) is 256 Å². The van der Waals surface area contributed by atoms with Crippen LogP contribution in [0.4, 0.5) is 5.13 Å². The predicted octanol–water partition coefficient (Wildman–Crippen LogP) is -2.70. The van der Waals surface area contributed by atoms with E-state index in [-0.39, 0.29) is 28.0 Å². The molecular formula is C24H29N9O7S3. The van der Waals surface area contributed by atoms with Gasteiger partial charge in [0.2, 0.25) is 6.10 Å². The molecule has 1 saturated heterocycles. The molecule has 0 radical (unpaired) electrons. The number of quaternary nitrogens is 1. The van der Waals surface area contributed by atoms with Gasteiger partial charge in [0, 0.05) is 23.3 Å². The minimum atomic E-state index is -1.52. The lowest BCUT2D eigenvalue weighted by atomic mass is 9.94. The Kier molecular flexibility index (Phi) is 8.97. The number of hydrogen-bond donors (Lipinski definition) is 6. The molecule has 4 aliphatic rings. The Morgan fingerprint density at radius 3 is 2.77 bits per heavy atom. The van der Waals surface area contributed by atoms with Crippen molar-refractivity contribution in [2.75, 3.05) is 17.2 Å². The predicted molar refractivity (Wildman–Crippen MR) is 157 cm³/mol. The maximum absolute atomic E-state index is 13.2. The highest BCUT2D eigenvalue weighted by Crippen LogP contribution is 2.41. The summed E-state index contributed by atoms with van der Waals surface area (Å²) < 4.78 is 0. The molecule has 3 unspecified atom stereocenters. The second-order valence-electron chi connectivity index (χ2n) is 9.99. The zero-order valence-electron chi connectivity index (χ0n) is 22.8. The Morgan fingerprint density at radius 1 is 1.35 bits per heavy atom. The van der Waals surface area contributed by atoms with Crippen molar-refractivity contribution in [3.05, 3.63) is 33.6 Å². The van der Waals surface area contributed by atoms with Gasteiger partial charge < -0.3 is 36.6 Å². The number of allylic oxidation sites excluding steroid dienone is 1. The van der Waals surface area contributed by atoms with Crippen LogP contribution in [0, 0.1) is 0 Å². The van der Waals surface area contributed by atoms with Gasteiger partial charge in [-0.25, -0.2) is 14.8 Å². The van der Waals surface area contributed by atoms with Gasteiger partial charge in [-0.15, -0.1) is 23.1 Å². The number of amidine groups is 1. The molecule has 1 aliphatic carbocycles. The first-order valence-corrected chi connectivity index (χ1v) is 16.1. The first-order valence-electron chi connectivity index (χ1n) is 13.1. The monoisotopic (exact) mass is 651 g/mol. The third-order valence-electron chi connectivity index (χ3n) is 7.22. The molecule has 16 nitrogen and oxygen atoms in total. The normalized spacial score (nSPS) is 26.2. The fourth-order valence-electron chi connectivity index (χ4n) is 5.01. The standard InChI is InChI=1S/C24H29N9O7S3/c1-9(21(36)37)40-31-14(12-8-42-23(26)28-12)18(34)29-15-19(35)32-16(22(38)39)10(6-41-20(15)32)7-43-24-30-17(25)11-4-2-3-5-13(11)33(24)27/h8-9,15,20,24H,2-7,27H2,1H3,(H2,25,30)(H2,26,28)(H,29,34)(H,36,37)(H,38,39)/b31-14-/t9-,15?,20+,24?/m0/s1. The molecule has 43 heavy (non-hydrogen) atoms. The van der Waals surface area contributed by atoms with Crippen LogP contribution in [0.1, 0.15) is 38.3 Å². The summed E-state index contributed by atoms with van der Waals surface area (Å²) in [4.78, 5) is 64.3. The molecule has 0 saturated carbocycles. The summed E-state index contributed by atoms with van der Waals surface area (Å²) in [6.45, 7) is 1.22. The highest BCUT2D eigenvalue weighted by Gasteiger charge is 2.53. The third kappa shape index (κ3) is 6.07. The number of amides is 2. The Labute approximate surface area is 257 Å². The molecule has 1 aromatic heterocycles. The van der Waals surface area contributed by atoms with E-state index < -0.39 is 52.5 Å². The number of thioether (sulfide) groups is 2. The van der Waals surface area contributed by atoms with Crippen LogP contribution in [0.5, 0.6) is 0 Å². The molecule has 4 heterocycles. The van der Waals surface area contributed by atoms with Gasteiger partial charge in [0.1, 0.15) is 28.6 Å². The number of carbonyl (C=O) groups excluding carboxylic acids is 3. The van der Waals surface area contributed by atoms with Gasteiger partial charge in [0.25, 0.3) is 17.3 Å². The minimum absolute atomic E-state index is 0.0188. The molecule has 1 aromatic rings. The van der Waals surface area contributed by atoms with E-state index >= 15 is 0 Å². The van der Waals surface area contributed by atoms with Gasteiger partial charge in [-0.05, 0) is 31.8 Å². The average molecular weight is 652 g/mol. The number of thiazole rings is 1. The van der Waals surface area contributed by atoms with Gasteiger partial charge in [0.15, 0.2) is 10.8 Å². The number of nitrogens with one attached hydrogen (secondary N) is 2. The van der Waals surface area contributed by atoms with Gasteiger partial charge in [-0.2, -0.15) is 10.8 Å². The Hall–Kier alpha value is -3.65. The van der Waals surface area contributed by atoms with E-state index in [0.717, 1.165) is 53.2 Å². The van der Waals surface area contributed by atoms with E-state index in [4.69, 9.17) is 27.3 Å². The summed E-state index contributed by atoms with van der Waals surface area (Å²) >= 11 is 3.62.